The van der Waals surface area contributed by atoms with Gasteiger partial charge >= 0.3 is 0 Å². The molecule has 1 N–H and O–H groups in total. The van der Waals surface area contributed by atoms with Crippen LogP contribution in [0.4, 0.5) is 0 Å². The molecule has 2 rings (SSSR count). The van der Waals surface area contributed by atoms with Crippen LogP contribution < -0.4 is 10.9 Å². The molecule has 1 aromatic carbocycles. The van der Waals surface area contributed by atoms with Gasteiger partial charge in [0.1, 0.15) is 0 Å². The van der Waals surface area contributed by atoms with E-state index < -0.39 is 0 Å². The monoisotopic (exact) mass is 276 g/mol. The molecule has 0 saturated carbocycles. The van der Waals surface area contributed by atoms with Crippen LogP contribution >= 0.6 is 11.6 Å². The van der Waals surface area contributed by atoms with E-state index in [0.717, 1.165) is 18.7 Å². The van der Waals surface area contributed by atoms with Crippen LogP contribution in [0.25, 0.3) is 0 Å². The van der Waals surface area contributed by atoms with Gasteiger partial charge in [0.15, 0.2) is 0 Å². The van der Waals surface area contributed by atoms with Crippen molar-refractivity contribution in [2.24, 2.45) is 0 Å². The number of hydrogen-bond acceptors (Lipinski definition) is 2. The van der Waals surface area contributed by atoms with Gasteiger partial charge in [-0.2, -0.15) is 0 Å². The summed E-state index contributed by atoms with van der Waals surface area (Å²) in [5, 5.41) is 3.32. The first-order valence-corrected chi connectivity index (χ1v) is 6.83. The number of benzene rings is 1. The summed E-state index contributed by atoms with van der Waals surface area (Å²) < 4.78 is 1.70. The van der Waals surface area contributed by atoms with Gasteiger partial charge in [-0.3, -0.25) is 4.79 Å². The first-order chi connectivity index (χ1) is 9.29. The van der Waals surface area contributed by atoms with Crippen LogP contribution in [0.5, 0.6) is 0 Å². The van der Waals surface area contributed by atoms with Crippen molar-refractivity contribution >= 4 is 11.6 Å². The van der Waals surface area contributed by atoms with Crippen molar-refractivity contribution in [3.63, 3.8) is 0 Å². The van der Waals surface area contributed by atoms with Crippen molar-refractivity contribution in [1.82, 2.24) is 9.88 Å². The molecule has 0 aliphatic rings. The van der Waals surface area contributed by atoms with E-state index in [0.29, 0.717) is 12.4 Å². The SMILES string of the molecule is O=c1ccccn1CCNCc1ccc(CCl)cc1. The first-order valence-electron chi connectivity index (χ1n) is 6.29. The Kier molecular flexibility index (Phi) is 5.19. The Bertz CT molecular complexity index is 563. The van der Waals surface area contributed by atoms with Crippen molar-refractivity contribution in [1.29, 1.82) is 0 Å². The lowest BCUT2D eigenvalue weighted by Crippen LogP contribution is -2.25. The van der Waals surface area contributed by atoms with Crippen molar-refractivity contribution in [2.45, 2.75) is 19.0 Å². The maximum atomic E-state index is 11.5. The van der Waals surface area contributed by atoms with E-state index in [2.05, 4.69) is 17.4 Å². The summed E-state index contributed by atoms with van der Waals surface area (Å²) in [5.41, 5.74) is 2.38. The van der Waals surface area contributed by atoms with Crippen molar-refractivity contribution in [3.8, 4) is 0 Å². The zero-order valence-corrected chi connectivity index (χ0v) is 11.4. The van der Waals surface area contributed by atoms with Crippen LogP contribution in [0, 0.1) is 0 Å². The third kappa shape index (κ3) is 4.23. The molecule has 0 unspecified atom stereocenters. The molecule has 0 bridgehead atoms. The van der Waals surface area contributed by atoms with Gasteiger partial charge in [0.05, 0.1) is 0 Å². The van der Waals surface area contributed by atoms with Crippen LogP contribution in [-0.2, 0) is 19.0 Å². The average molecular weight is 277 g/mol. The number of nitrogens with zero attached hydrogens (tertiary/aromatic N) is 1. The number of halogens is 1. The Morgan fingerprint density at radius 1 is 1.05 bits per heavy atom. The summed E-state index contributed by atoms with van der Waals surface area (Å²) in [6, 6.07) is 13.4. The summed E-state index contributed by atoms with van der Waals surface area (Å²) in [7, 11) is 0. The van der Waals surface area contributed by atoms with Crippen molar-refractivity contribution < 1.29 is 0 Å². The number of hydrogen-bond donors (Lipinski definition) is 1. The lowest BCUT2D eigenvalue weighted by atomic mass is 10.1. The zero-order chi connectivity index (χ0) is 13.5. The van der Waals surface area contributed by atoms with E-state index in [1.807, 2.05) is 18.2 Å². The summed E-state index contributed by atoms with van der Waals surface area (Å²) in [5.74, 6) is 0.546. The molecule has 2 aromatic rings. The molecule has 1 aromatic heterocycles. The van der Waals surface area contributed by atoms with Crippen LogP contribution in [0.3, 0.4) is 0 Å². The maximum Gasteiger partial charge on any atom is 0.250 e. The van der Waals surface area contributed by atoms with Gasteiger partial charge < -0.3 is 9.88 Å². The molecule has 0 aliphatic carbocycles. The highest BCUT2D eigenvalue weighted by Crippen LogP contribution is 2.06. The summed E-state index contributed by atoms with van der Waals surface area (Å²) in [6.07, 6.45) is 1.80. The molecule has 100 valence electrons. The van der Waals surface area contributed by atoms with Crippen LogP contribution in [0.15, 0.2) is 53.5 Å². The maximum absolute atomic E-state index is 11.5. The molecule has 3 nitrogen and oxygen atoms in total. The Labute approximate surface area is 117 Å². The fourth-order valence-electron chi connectivity index (χ4n) is 1.82. The molecule has 0 spiro atoms. The lowest BCUT2D eigenvalue weighted by molar-refractivity contribution is 0.585. The number of pyridine rings is 1. The molecule has 0 atom stereocenters. The highest BCUT2D eigenvalue weighted by molar-refractivity contribution is 6.17. The summed E-state index contributed by atoms with van der Waals surface area (Å²) in [4.78, 5) is 11.5. The standard InChI is InChI=1S/C15H17ClN2O/c16-11-13-4-6-14(7-5-13)12-17-8-10-18-9-2-1-3-15(18)19/h1-7,9,17H,8,10-12H2. The Hall–Kier alpha value is -1.58. The number of aromatic nitrogens is 1. The molecule has 19 heavy (non-hydrogen) atoms. The van der Waals surface area contributed by atoms with Gasteiger partial charge in [-0.15, -0.1) is 11.6 Å². The smallest absolute Gasteiger partial charge is 0.250 e. The van der Waals surface area contributed by atoms with Crippen LogP contribution in [-0.4, -0.2) is 11.1 Å². The van der Waals surface area contributed by atoms with E-state index in [1.165, 1.54) is 5.56 Å². The fraction of sp³-hybridized carbons (Fsp3) is 0.267. The highest BCUT2D eigenvalue weighted by Gasteiger charge is 1.96. The quantitative estimate of drug-likeness (QED) is 0.649. The molecular weight excluding hydrogens is 260 g/mol. The minimum atomic E-state index is 0.0377. The van der Waals surface area contributed by atoms with Gasteiger partial charge in [-0.05, 0) is 17.2 Å². The highest BCUT2D eigenvalue weighted by atomic mass is 35.5. The van der Waals surface area contributed by atoms with Crippen LogP contribution in [0.1, 0.15) is 11.1 Å². The second-order valence-corrected chi connectivity index (χ2v) is 4.63. The van der Waals surface area contributed by atoms with Gasteiger partial charge in [0.25, 0.3) is 5.56 Å². The lowest BCUT2D eigenvalue weighted by Gasteiger charge is -2.07. The second-order valence-electron chi connectivity index (χ2n) is 4.36. The molecule has 0 aliphatic heterocycles. The van der Waals surface area contributed by atoms with E-state index in [4.69, 9.17) is 11.6 Å². The van der Waals surface area contributed by atoms with E-state index in [-0.39, 0.29) is 5.56 Å². The Morgan fingerprint density at radius 3 is 2.47 bits per heavy atom. The molecule has 0 fully saturated rings. The molecule has 0 amide bonds. The van der Waals surface area contributed by atoms with Crippen molar-refractivity contribution in [3.05, 3.63) is 70.1 Å². The molecule has 0 radical (unpaired) electrons. The summed E-state index contributed by atoms with van der Waals surface area (Å²) >= 11 is 5.74. The number of rotatable bonds is 6. The minimum absolute atomic E-state index is 0.0377. The fourth-order valence-corrected chi connectivity index (χ4v) is 2.00. The predicted molar refractivity (Wildman–Crippen MR) is 78.4 cm³/mol. The Balaban J connectivity index is 1.77. The molecule has 1 heterocycles. The van der Waals surface area contributed by atoms with E-state index >= 15 is 0 Å². The van der Waals surface area contributed by atoms with Gasteiger partial charge in [-0.25, -0.2) is 0 Å². The van der Waals surface area contributed by atoms with E-state index in [9.17, 15) is 4.79 Å². The largest absolute Gasteiger partial charge is 0.314 e. The predicted octanol–water partition coefficient (Wildman–Crippen LogP) is 2.38. The van der Waals surface area contributed by atoms with Gasteiger partial charge in [0.2, 0.25) is 0 Å². The minimum Gasteiger partial charge on any atom is -0.314 e. The normalized spacial score (nSPS) is 10.6. The zero-order valence-electron chi connectivity index (χ0n) is 10.7. The van der Waals surface area contributed by atoms with Crippen LogP contribution in [0.2, 0.25) is 0 Å². The second kappa shape index (κ2) is 7.12. The molecule has 4 heteroatoms. The third-order valence-corrected chi connectivity index (χ3v) is 3.24. The summed E-state index contributed by atoms with van der Waals surface area (Å²) in [6.45, 7) is 2.24. The molecule has 0 saturated heterocycles. The number of nitrogens with one attached hydrogen (secondary N) is 1. The average Bonchev–Trinajstić information content (AvgIpc) is 2.46. The van der Waals surface area contributed by atoms with Gasteiger partial charge in [0, 0.05) is 37.8 Å². The van der Waals surface area contributed by atoms with Gasteiger partial charge in [-0.1, -0.05) is 30.3 Å². The number of alkyl halides is 1. The topological polar surface area (TPSA) is 34.0 Å². The van der Waals surface area contributed by atoms with Crippen molar-refractivity contribution in [2.75, 3.05) is 6.54 Å². The van der Waals surface area contributed by atoms with E-state index in [1.54, 1.807) is 22.9 Å². The molecular formula is C15H17ClN2O. The Morgan fingerprint density at radius 2 is 1.79 bits per heavy atom. The third-order valence-electron chi connectivity index (χ3n) is 2.93. The first kappa shape index (κ1) is 13.8.